The van der Waals surface area contributed by atoms with E-state index < -0.39 is 12.0 Å². The molecule has 1 heterocycles. The zero-order valence-corrected chi connectivity index (χ0v) is 15.9. The van der Waals surface area contributed by atoms with Crippen molar-refractivity contribution in [3.8, 4) is 0 Å². The third-order valence-electron chi connectivity index (χ3n) is 4.71. The Morgan fingerprint density at radius 1 is 1.27 bits per heavy atom. The van der Waals surface area contributed by atoms with E-state index in [1.807, 2.05) is 0 Å². The van der Waals surface area contributed by atoms with Crippen LogP contribution in [0.25, 0.3) is 0 Å². The van der Waals surface area contributed by atoms with Crippen molar-refractivity contribution in [2.75, 3.05) is 33.4 Å². The molecule has 0 radical (unpaired) electrons. The molecule has 0 spiro atoms. The van der Waals surface area contributed by atoms with E-state index >= 15 is 0 Å². The second kappa shape index (κ2) is 10.4. The van der Waals surface area contributed by atoms with E-state index in [9.17, 15) is 14.4 Å². The number of methoxy groups -OCH3 is 1. The molecule has 2 fully saturated rings. The van der Waals surface area contributed by atoms with E-state index in [-0.39, 0.29) is 35.9 Å². The summed E-state index contributed by atoms with van der Waals surface area (Å²) in [4.78, 5) is 38.2. The molecule has 1 saturated heterocycles. The Hall–Kier alpha value is -1.74. The number of carbonyl (C=O) groups excluding carboxylic acids is 3. The lowest BCUT2D eigenvalue weighted by Gasteiger charge is -2.36. The van der Waals surface area contributed by atoms with Crippen molar-refractivity contribution >= 4 is 35.1 Å². The van der Waals surface area contributed by atoms with Gasteiger partial charge in [-0.2, -0.15) is 0 Å². The fraction of sp³-hybridized carbons (Fsp3) is 0.765. The summed E-state index contributed by atoms with van der Waals surface area (Å²) in [7, 11) is 1.51. The molecule has 2 amide bonds. The van der Waals surface area contributed by atoms with Crippen LogP contribution in [-0.4, -0.2) is 67.3 Å². The lowest BCUT2D eigenvalue weighted by molar-refractivity contribution is -0.148. The van der Waals surface area contributed by atoms with Crippen LogP contribution in [-0.2, 0) is 23.9 Å². The second-order valence-electron chi connectivity index (χ2n) is 6.55. The first kappa shape index (κ1) is 20.6. The van der Waals surface area contributed by atoms with Crippen molar-refractivity contribution in [3.63, 3.8) is 0 Å². The smallest absolute Gasteiger partial charge is 0.308 e. The number of hydrogen-bond acceptors (Lipinski definition) is 6. The van der Waals surface area contributed by atoms with E-state index in [0.717, 1.165) is 32.1 Å². The van der Waals surface area contributed by atoms with Gasteiger partial charge in [-0.25, -0.2) is 0 Å². The SMILES string of the molecule is COCCOC(=O)CC1C(=O)NCCN1C(=S)NC(=O)C1CCCCC1. The maximum absolute atomic E-state index is 12.4. The van der Waals surface area contributed by atoms with E-state index in [0.29, 0.717) is 19.7 Å². The molecule has 1 aliphatic carbocycles. The van der Waals surface area contributed by atoms with Gasteiger partial charge in [0.15, 0.2) is 5.11 Å². The summed E-state index contributed by atoms with van der Waals surface area (Å²) in [6.07, 6.45) is 4.86. The standard InChI is InChI=1S/C17H27N3O5S/c1-24-9-10-25-14(21)11-13-16(23)18-7-8-20(13)17(26)19-15(22)12-5-3-2-4-6-12/h12-13H,2-11H2,1H3,(H,18,23)(H,19,22,26). The maximum Gasteiger partial charge on any atom is 0.308 e. The van der Waals surface area contributed by atoms with Crippen molar-refractivity contribution < 1.29 is 23.9 Å². The number of thiocarbonyl (C=S) groups is 1. The topological polar surface area (TPSA) is 97.0 Å². The number of rotatable bonds is 6. The van der Waals surface area contributed by atoms with Gasteiger partial charge in [0, 0.05) is 26.1 Å². The highest BCUT2D eigenvalue weighted by molar-refractivity contribution is 7.80. The van der Waals surface area contributed by atoms with E-state index in [2.05, 4.69) is 10.6 Å². The van der Waals surface area contributed by atoms with Crippen LogP contribution >= 0.6 is 12.2 Å². The molecule has 1 unspecified atom stereocenters. The number of carbonyl (C=O) groups is 3. The van der Waals surface area contributed by atoms with Gasteiger partial charge in [-0.05, 0) is 25.1 Å². The largest absolute Gasteiger partial charge is 0.463 e. The number of amides is 2. The zero-order chi connectivity index (χ0) is 18.9. The molecule has 1 aliphatic heterocycles. The Morgan fingerprint density at radius 2 is 2.00 bits per heavy atom. The van der Waals surface area contributed by atoms with Crippen LogP contribution in [0, 0.1) is 5.92 Å². The molecule has 8 nitrogen and oxygen atoms in total. The number of nitrogens with zero attached hydrogens (tertiary/aromatic N) is 1. The van der Waals surface area contributed by atoms with Crippen molar-refractivity contribution in [2.24, 2.45) is 5.92 Å². The highest BCUT2D eigenvalue weighted by Crippen LogP contribution is 2.23. The van der Waals surface area contributed by atoms with Crippen LogP contribution in [0.3, 0.4) is 0 Å². The Morgan fingerprint density at radius 3 is 2.69 bits per heavy atom. The van der Waals surface area contributed by atoms with Gasteiger partial charge in [0.05, 0.1) is 13.0 Å². The average Bonchev–Trinajstić information content (AvgIpc) is 2.64. The van der Waals surface area contributed by atoms with Crippen LogP contribution in [0.1, 0.15) is 38.5 Å². The van der Waals surface area contributed by atoms with Crippen molar-refractivity contribution in [1.82, 2.24) is 15.5 Å². The lowest BCUT2D eigenvalue weighted by atomic mass is 9.89. The Balaban J connectivity index is 1.92. The summed E-state index contributed by atoms with van der Waals surface area (Å²) in [6.45, 7) is 1.27. The van der Waals surface area contributed by atoms with Crippen LogP contribution in [0.4, 0.5) is 0 Å². The molecule has 26 heavy (non-hydrogen) atoms. The molecule has 0 aromatic heterocycles. The summed E-state index contributed by atoms with van der Waals surface area (Å²) in [5.74, 6) is -0.926. The molecule has 0 aromatic rings. The number of esters is 1. The number of ether oxygens (including phenoxy) is 2. The molecule has 2 rings (SSSR count). The lowest BCUT2D eigenvalue weighted by Crippen LogP contribution is -2.60. The molecule has 1 atom stereocenters. The van der Waals surface area contributed by atoms with Crippen molar-refractivity contribution in [1.29, 1.82) is 0 Å². The predicted molar refractivity (Wildman–Crippen MR) is 98.3 cm³/mol. The second-order valence-corrected chi connectivity index (χ2v) is 6.93. The fourth-order valence-electron chi connectivity index (χ4n) is 3.26. The van der Waals surface area contributed by atoms with Gasteiger partial charge in [-0.15, -0.1) is 0 Å². The summed E-state index contributed by atoms with van der Waals surface area (Å²) >= 11 is 5.35. The van der Waals surface area contributed by atoms with Gasteiger partial charge in [0.2, 0.25) is 11.8 Å². The van der Waals surface area contributed by atoms with E-state index in [1.54, 1.807) is 4.90 Å². The minimum absolute atomic E-state index is 0.0298. The van der Waals surface area contributed by atoms with E-state index in [4.69, 9.17) is 21.7 Å². The molecule has 2 aliphatic rings. The van der Waals surface area contributed by atoms with Gasteiger partial charge in [-0.3, -0.25) is 14.4 Å². The molecule has 2 N–H and O–H groups in total. The highest BCUT2D eigenvalue weighted by Gasteiger charge is 2.34. The van der Waals surface area contributed by atoms with Crippen LogP contribution < -0.4 is 10.6 Å². The average molecular weight is 385 g/mol. The van der Waals surface area contributed by atoms with Crippen molar-refractivity contribution in [2.45, 2.75) is 44.6 Å². The summed E-state index contributed by atoms with van der Waals surface area (Å²) in [5.41, 5.74) is 0. The number of piperazine rings is 1. The first-order valence-electron chi connectivity index (χ1n) is 9.06. The van der Waals surface area contributed by atoms with Gasteiger partial charge in [0.1, 0.15) is 12.6 Å². The van der Waals surface area contributed by atoms with E-state index in [1.165, 1.54) is 7.11 Å². The molecule has 146 valence electrons. The van der Waals surface area contributed by atoms with Crippen LogP contribution in [0.2, 0.25) is 0 Å². The minimum Gasteiger partial charge on any atom is -0.463 e. The third kappa shape index (κ3) is 5.91. The van der Waals surface area contributed by atoms with Gasteiger partial charge in [0.25, 0.3) is 0 Å². The molecular weight excluding hydrogens is 358 g/mol. The minimum atomic E-state index is -0.780. The highest BCUT2D eigenvalue weighted by atomic mass is 32.1. The van der Waals surface area contributed by atoms with Crippen molar-refractivity contribution in [3.05, 3.63) is 0 Å². The van der Waals surface area contributed by atoms with Gasteiger partial charge >= 0.3 is 5.97 Å². The molecule has 9 heteroatoms. The molecule has 0 bridgehead atoms. The zero-order valence-electron chi connectivity index (χ0n) is 15.1. The predicted octanol–water partition coefficient (Wildman–Crippen LogP) is 0.348. The summed E-state index contributed by atoms with van der Waals surface area (Å²) in [6, 6.07) is -0.780. The van der Waals surface area contributed by atoms with Crippen LogP contribution in [0.5, 0.6) is 0 Å². The first-order valence-corrected chi connectivity index (χ1v) is 9.47. The Labute approximate surface area is 158 Å². The maximum atomic E-state index is 12.4. The van der Waals surface area contributed by atoms with Crippen LogP contribution in [0.15, 0.2) is 0 Å². The molecule has 1 saturated carbocycles. The number of hydrogen-bond donors (Lipinski definition) is 2. The Kier molecular flexibility index (Phi) is 8.24. The summed E-state index contributed by atoms with van der Waals surface area (Å²) < 4.78 is 9.87. The summed E-state index contributed by atoms with van der Waals surface area (Å²) in [5, 5.41) is 5.68. The molecular formula is C17H27N3O5S. The quantitative estimate of drug-likeness (QED) is 0.387. The fourth-order valence-corrected chi connectivity index (χ4v) is 3.58. The molecule has 0 aromatic carbocycles. The first-order chi connectivity index (χ1) is 12.5. The third-order valence-corrected chi connectivity index (χ3v) is 5.04. The number of nitrogens with one attached hydrogen (secondary N) is 2. The van der Waals surface area contributed by atoms with Gasteiger partial charge in [-0.1, -0.05) is 19.3 Å². The normalized spacial score (nSPS) is 21.0. The Bertz CT molecular complexity index is 536. The monoisotopic (exact) mass is 385 g/mol. The van der Waals surface area contributed by atoms with Gasteiger partial charge < -0.3 is 25.0 Å².